The molecule has 2 nitrogen and oxygen atoms in total. The molecule has 0 aromatic heterocycles. The SMILES string of the molecule is Cc1ccc(CCNCCCC#N)cc1. The van der Waals surface area contributed by atoms with E-state index in [1.165, 1.54) is 11.1 Å². The molecule has 1 N–H and O–H groups in total. The van der Waals surface area contributed by atoms with E-state index in [0.29, 0.717) is 6.42 Å². The summed E-state index contributed by atoms with van der Waals surface area (Å²) < 4.78 is 0. The normalized spacial score (nSPS) is 9.87. The molecule has 15 heavy (non-hydrogen) atoms. The summed E-state index contributed by atoms with van der Waals surface area (Å²) in [7, 11) is 0. The van der Waals surface area contributed by atoms with Crippen LogP contribution in [-0.4, -0.2) is 13.1 Å². The molecule has 0 atom stereocenters. The van der Waals surface area contributed by atoms with Gasteiger partial charge in [0.05, 0.1) is 6.07 Å². The highest BCUT2D eigenvalue weighted by Gasteiger charge is 1.92. The Bertz CT molecular complexity index is 308. The maximum atomic E-state index is 8.35. The van der Waals surface area contributed by atoms with Crippen LogP contribution in [0.5, 0.6) is 0 Å². The molecule has 0 unspecified atom stereocenters. The van der Waals surface area contributed by atoms with Gasteiger partial charge in [-0.25, -0.2) is 0 Å². The van der Waals surface area contributed by atoms with Gasteiger partial charge in [-0.3, -0.25) is 0 Å². The number of hydrogen-bond acceptors (Lipinski definition) is 2. The number of nitrogens with zero attached hydrogens (tertiary/aromatic N) is 1. The first-order valence-electron chi connectivity index (χ1n) is 5.46. The third-order valence-corrected chi connectivity index (χ3v) is 2.35. The van der Waals surface area contributed by atoms with Gasteiger partial charge in [-0.15, -0.1) is 0 Å². The van der Waals surface area contributed by atoms with Crippen molar-refractivity contribution >= 4 is 0 Å². The van der Waals surface area contributed by atoms with E-state index in [-0.39, 0.29) is 0 Å². The summed E-state index contributed by atoms with van der Waals surface area (Å²) in [6.07, 6.45) is 2.66. The van der Waals surface area contributed by atoms with E-state index < -0.39 is 0 Å². The van der Waals surface area contributed by atoms with Gasteiger partial charge in [0.25, 0.3) is 0 Å². The lowest BCUT2D eigenvalue weighted by molar-refractivity contribution is 0.655. The first-order valence-corrected chi connectivity index (χ1v) is 5.46. The lowest BCUT2D eigenvalue weighted by Crippen LogP contribution is -2.18. The van der Waals surface area contributed by atoms with E-state index in [9.17, 15) is 0 Å². The quantitative estimate of drug-likeness (QED) is 0.719. The van der Waals surface area contributed by atoms with Gasteiger partial charge in [-0.1, -0.05) is 29.8 Å². The van der Waals surface area contributed by atoms with Gasteiger partial charge >= 0.3 is 0 Å². The van der Waals surface area contributed by atoms with Crippen molar-refractivity contribution in [1.29, 1.82) is 5.26 Å². The molecule has 0 aliphatic heterocycles. The maximum absolute atomic E-state index is 8.35. The molecule has 1 rings (SSSR count). The number of hydrogen-bond donors (Lipinski definition) is 1. The van der Waals surface area contributed by atoms with Crippen LogP contribution < -0.4 is 5.32 Å². The molecule has 0 aliphatic rings. The summed E-state index contributed by atoms with van der Waals surface area (Å²) >= 11 is 0. The number of nitrogens with one attached hydrogen (secondary N) is 1. The Hall–Kier alpha value is -1.33. The van der Waals surface area contributed by atoms with Crippen molar-refractivity contribution in [2.75, 3.05) is 13.1 Å². The Morgan fingerprint density at radius 1 is 1.20 bits per heavy atom. The van der Waals surface area contributed by atoms with Crippen LogP contribution in [0.4, 0.5) is 0 Å². The Morgan fingerprint density at radius 3 is 2.60 bits per heavy atom. The van der Waals surface area contributed by atoms with Crippen molar-refractivity contribution in [3.63, 3.8) is 0 Å². The standard InChI is InChI=1S/C13H18N2/c1-12-4-6-13(7-5-12)8-11-15-10-3-2-9-14/h4-7,15H,2-3,8,10-11H2,1H3. The fraction of sp³-hybridized carbons (Fsp3) is 0.462. The summed E-state index contributed by atoms with van der Waals surface area (Å²) in [5.74, 6) is 0. The van der Waals surface area contributed by atoms with Gasteiger partial charge in [-0.05, 0) is 38.4 Å². The van der Waals surface area contributed by atoms with Crippen molar-refractivity contribution in [3.8, 4) is 6.07 Å². The molecule has 1 aromatic rings. The van der Waals surface area contributed by atoms with Crippen LogP contribution in [0, 0.1) is 18.3 Å². The predicted molar refractivity (Wildman–Crippen MR) is 62.6 cm³/mol. The van der Waals surface area contributed by atoms with Gasteiger partial charge in [0.2, 0.25) is 0 Å². The zero-order chi connectivity index (χ0) is 10.9. The molecule has 0 spiro atoms. The average Bonchev–Trinajstić information content (AvgIpc) is 2.26. The molecule has 80 valence electrons. The molecule has 0 saturated carbocycles. The lowest BCUT2D eigenvalue weighted by Gasteiger charge is -2.03. The number of nitriles is 1. The van der Waals surface area contributed by atoms with Gasteiger partial charge in [0.15, 0.2) is 0 Å². The topological polar surface area (TPSA) is 35.8 Å². The van der Waals surface area contributed by atoms with E-state index in [1.807, 2.05) is 0 Å². The highest BCUT2D eigenvalue weighted by molar-refractivity contribution is 5.21. The molecular formula is C13H18N2. The average molecular weight is 202 g/mol. The van der Waals surface area contributed by atoms with Crippen molar-refractivity contribution < 1.29 is 0 Å². The first-order chi connectivity index (χ1) is 7.33. The van der Waals surface area contributed by atoms with E-state index in [0.717, 1.165) is 25.9 Å². The Kier molecular flexibility index (Phi) is 5.50. The number of aryl methyl sites for hydroxylation is 1. The monoisotopic (exact) mass is 202 g/mol. The molecule has 2 heteroatoms. The van der Waals surface area contributed by atoms with Crippen molar-refractivity contribution in [1.82, 2.24) is 5.32 Å². The minimum atomic E-state index is 0.650. The number of unbranched alkanes of at least 4 members (excludes halogenated alkanes) is 1. The van der Waals surface area contributed by atoms with E-state index in [1.54, 1.807) is 0 Å². The van der Waals surface area contributed by atoms with Crippen LogP contribution in [0.3, 0.4) is 0 Å². The van der Waals surface area contributed by atoms with Crippen LogP contribution in [0.15, 0.2) is 24.3 Å². The summed E-state index contributed by atoms with van der Waals surface area (Å²) in [6, 6.07) is 10.8. The summed E-state index contributed by atoms with van der Waals surface area (Å²) in [5.41, 5.74) is 2.68. The smallest absolute Gasteiger partial charge is 0.0622 e. The minimum Gasteiger partial charge on any atom is -0.316 e. The zero-order valence-electron chi connectivity index (χ0n) is 9.29. The second-order valence-corrected chi connectivity index (χ2v) is 3.75. The zero-order valence-corrected chi connectivity index (χ0v) is 9.29. The predicted octanol–water partition coefficient (Wildman–Crippen LogP) is 2.43. The number of rotatable bonds is 6. The lowest BCUT2D eigenvalue weighted by atomic mass is 10.1. The second-order valence-electron chi connectivity index (χ2n) is 3.75. The van der Waals surface area contributed by atoms with Crippen LogP contribution in [-0.2, 0) is 6.42 Å². The maximum Gasteiger partial charge on any atom is 0.0622 e. The van der Waals surface area contributed by atoms with Crippen LogP contribution >= 0.6 is 0 Å². The molecule has 0 bridgehead atoms. The van der Waals surface area contributed by atoms with Crippen LogP contribution in [0.2, 0.25) is 0 Å². The largest absolute Gasteiger partial charge is 0.316 e. The van der Waals surface area contributed by atoms with Gasteiger partial charge < -0.3 is 5.32 Å². The van der Waals surface area contributed by atoms with Gasteiger partial charge in [0.1, 0.15) is 0 Å². The summed E-state index contributed by atoms with van der Waals surface area (Å²) in [5, 5.41) is 11.7. The van der Waals surface area contributed by atoms with Crippen molar-refractivity contribution in [2.24, 2.45) is 0 Å². The molecule has 0 radical (unpaired) electrons. The summed E-state index contributed by atoms with van der Waals surface area (Å²) in [6.45, 7) is 4.04. The van der Waals surface area contributed by atoms with E-state index in [2.05, 4.69) is 42.6 Å². The fourth-order valence-corrected chi connectivity index (χ4v) is 1.40. The Balaban J connectivity index is 2.10. The van der Waals surface area contributed by atoms with E-state index >= 15 is 0 Å². The second kappa shape index (κ2) is 7.03. The number of benzene rings is 1. The van der Waals surface area contributed by atoms with Gasteiger partial charge in [-0.2, -0.15) is 5.26 Å². The molecule has 0 fully saturated rings. The molecular weight excluding hydrogens is 184 g/mol. The molecule has 0 aliphatic carbocycles. The fourth-order valence-electron chi connectivity index (χ4n) is 1.40. The van der Waals surface area contributed by atoms with Crippen LogP contribution in [0.1, 0.15) is 24.0 Å². The summed E-state index contributed by atoms with van der Waals surface area (Å²) in [4.78, 5) is 0. The Morgan fingerprint density at radius 2 is 1.93 bits per heavy atom. The first kappa shape index (κ1) is 11.7. The van der Waals surface area contributed by atoms with Crippen molar-refractivity contribution in [3.05, 3.63) is 35.4 Å². The van der Waals surface area contributed by atoms with Crippen LogP contribution in [0.25, 0.3) is 0 Å². The van der Waals surface area contributed by atoms with E-state index in [4.69, 9.17) is 5.26 Å². The highest BCUT2D eigenvalue weighted by Crippen LogP contribution is 2.02. The van der Waals surface area contributed by atoms with Crippen molar-refractivity contribution in [2.45, 2.75) is 26.2 Å². The molecule has 1 aromatic carbocycles. The Labute approximate surface area is 91.9 Å². The molecule has 0 heterocycles. The highest BCUT2D eigenvalue weighted by atomic mass is 14.8. The van der Waals surface area contributed by atoms with Gasteiger partial charge in [0, 0.05) is 6.42 Å². The molecule has 0 saturated heterocycles. The third-order valence-electron chi connectivity index (χ3n) is 2.35. The minimum absolute atomic E-state index is 0.650. The third kappa shape index (κ3) is 5.19. The molecule has 0 amide bonds.